The molecule has 0 aliphatic carbocycles. The molecule has 56 valence electrons. The van der Waals surface area contributed by atoms with Crippen molar-refractivity contribution in [3.05, 3.63) is 12.3 Å². The normalized spacial score (nSPS) is 8.45. The molecule has 1 aromatic heterocycles. The average molecular weight is 165 g/mol. The quantitative estimate of drug-likeness (QED) is 0.382. The van der Waals surface area contributed by atoms with Crippen molar-refractivity contribution in [2.24, 2.45) is 0 Å². The minimum atomic E-state index is -0.409. The summed E-state index contributed by atoms with van der Waals surface area (Å²) >= 11 is 0. The Morgan fingerprint density at radius 1 is 1.82 bits per heavy atom. The zero-order chi connectivity index (χ0) is 7.56. The van der Waals surface area contributed by atoms with Crippen molar-refractivity contribution in [3.63, 3.8) is 0 Å². The van der Waals surface area contributed by atoms with Gasteiger partial charge in [-0.3, -0.25) is 4.79 Å². The average Bonchev–Trinajstić information content (AvgIpc) is 2.15. The number of furan rings is 1. The second-order valence-electron chi connectivity index (χ2n) is 1.74. The van der Waals surface area contributed by atoms with Gasteiger partial charge >= 0.3 is 35.5 Å². The molecule has 0 bridgehead atoms. The minimum absolute atomic E-state index is 0. The van der Waals surface area contributed by atoms with Crippen molar-refractivity contribution in [2.75, 3.05) is 5.73 Å². The van der Waals surface area contributed by atoms with Gasteiger partial charge in [0, 0.05) is 13.0 Å². The monoisotopic (exact) mass is 165 g/mol. The third-order valence-corrected chi connectivity index (χ3v) is 0.911. The molecule has 0 aliphatic heterocycles. The van der Waals surface area contributed by atoms with Gasteiger partial charge in [0.25, 0.3) is 0 Å². The minimum Gasteiger partial charge on any atom is -1.00 e. The van der Waals surface area contributed by atoms with Gasteiger partial charge in [-0.1, -0.05) is 0 Å². The summed E-state index contributed by atoms with van der Waals surface area (Å²) < 4.78 is 9.29. The Bertz CT molecular complexity index is 251. The predicted octanol–water partition coefficient (Wildman–Crippen LogP) is -2.10. The number of anilines is 1. The first kappa shape index (κ1) is 10.6. The van der Waals surface area contributed by atoms with Gasteiger partial charge in [-0.05, 0) is 0 Å². The van der Waals surface area contributed by atoms with Gasteiger partial charge in [-0.25, -0.2) is 0 Å². The van der Waals surface area contributed by atoms with Crippen LogP contribution in [0.5, 0.6) is 5.75 Å². The van der Waals surface area contributed by atoms with E-state index in [4.69, 9.17) is 5.73 Å². The molecule has 2 N–H and O–H groups in total. The number of rotatable bonds is 1. The van der Waals surface area contributed by atoms with Crippen LogP contribution in [0.4, 0.5) is 5.88 Å². The maximum atomic E-state index is 10.3. The molecule has 1 rings (SSSR count). The van der Waals surface area contributed by atoms with Crippen molar-refractivity contribution in [2.45, 2.75) is 6.92 Å². The van der Waals surface area contributed by atoms with E-state index in [2.05, 4.69) is 9.15 Å². The fourth-order valence-corrected chi connectivity index (χ4v) is 0.548. The van der Waals surface area contributed by atoms with E-state index in [0.29, 0.717) is 0 Å². The number of nitrogens with two attached hydrogens (primary N) is 1. The van der Waals surface area contributed by atoms with E-state index >= 15 is 0 Å². The zero-order valence-electron chi connectivity index (χ0n) is 7.46. The molecule has 1 aromatic rings. The van der Waals surface area contributed by atoms with Gasteiger partial charge in [-0.2, -0.15) is 0 Å². The second kappa shape index (κ2) is 4.43. The van der Waals surface area contributed by atoms with Crippen LogP contribution in [0.3, 0.4) is 0 Å². The SMILES string of the molecule is CC(=O)Oc1ccoc1N.[H-].[Na+]. The Kier molecular flexibility index (Phi) is 4.25. The van der Waals surface area contributed by atoms with Crippen LogP contribution in [0.15, 0.2) is 16.7 Å². The van der Waals surface area contributed by atoms with E-state index in [-0.39, 0.29) is 42.6 Å². The van der Waals surface area contributed by atoms with Crippen LogP contribution < -0.4 is 40.0 Å². The predicted molar refractivity (Wildman–Crippen MR) is 35.5 cm³/mol. The summed E-state index contributed by atoms with van der Waals surface area (Å²) in [7, 11) is 0. The molecule has 5 heteroatoms. The van der Waals surface area contributed by atoms with Crippen molar-refractivity contribution in [3.8, 4) is 5.75 Å². The topological polar surface area (TPSA) is 65.5 Å². The van der Waals surface area contributed by atoms with Gasteiger partial charge in [0.05, 0.1) is 6.26 Å². The Balaban J connectivity index is 0. The molecule has 0 aliphatic rings. The number of hydrogen-bond donors (Lipinski definition) is 1. The number of nitrogen functional groups attached to an aromatic ring is 1. The first-order valence-corrected chi connectivity index (χ1v) is 2.71. The van der Waals surface area contributed by atoms with Crippen LogP contribution >= 0.6 is 0 Å². The second-order valence-corrected chi connectivity index (χ2v) is 1.74. The van der Waals surface area contributed by atoms with Crippen molar-refractivity contribution in [1.82, 2.24) is 0 Å². The molecule has 0 radical (unpaired) electrons. The van der Waals surface area contributed by atoms with Gasteiger partial charge < -0.3 is 16.3 Å². The van der Waals surface area contributed by atoms with E-state index in [1.807, 2.05) is 0 Å². The maximum absolute atomic E-state index is 10.3. The smallest absolute Gasteiger partial charge is 1.00 e. The summed E-state index contributed by atoms with van der Waals surface area (Å²) in [4.78, 5) is 10.3. The summed E-state index contributed by atoms with van der Waals surface area (Å²) in [6.45, 7) is 1.30. The maximum Gasteiger partial charge on any atom is 1.00 e. The first-order chi connectivity index (χ1) is 4.70. The fraction of sp³-hybridized carbons (Fsp3) is 0.167. The molecule has 4 nitrogen and oxygen atoms in total. The van der Waals surface area contributed by atoms with Gasteiger partial charge in [0.1, 0.15) is 0 Å². The molecule has 0 saturated carbocycles. The number of carbonyl (C=O) groups excluding carboxylic acids is 1. The number of ether oxygens (including phenoxy) is 1. The summed E-state index contributed by atoms with van der Waals surface area (Å²) in [6, 6.07) is 1.48. The molecule has 0 fully saturated rings. The molecular weight excluding hydrogens is 157 g/mol. The van der Waals surface area contributed by atoms with Gasteiger partial charge in [0.2, 0.25) is 5.88 Å². The number of esters is 1. The molecule has 0 atom stereocenters. The van der Waals surface area contributed by atoms with Crippen LogP contribution in [0, 0.1) is 0 Å². The zero-order valence-corrected chi connectivity index (χ0v) is 8.46. The number of hydrogen-bond acceptors (Lipinski definition) is 4. The Morgan fingerprint density at radius 3 is 2.82 bits per heavy atom. The fourth-order valence-electron chi connectivity index (χ4n) is 0.548. The Labute approximate surface area is 87.5 Å². The summed E-state index contributed by atoms with van der Waals surface area (Å²) in [6.07, 6.45) is 1.35. The van der Waals surface area contributed by atoms with Crippen LogP contribution in [0.25, 0.3) is 0 Å². The number of carbonyl (C=O) groups is 1. The van der Waals surface area contributed by atoms with Crippen molar-refractivity contribution < 1.29 is 44.9 Å². The van der Waals surface area contributed by atoms with E-state index in [0.717, 1.165) is 0 Å². The molecule has 0 aromatic carbocycles. The van der Waals surface area contributed by atoms with Gasteiger partial charge in [0.15, 0.2) is 5.75 Å². The molecular formula is C6H8NNaO3. The summed E-state index contributed by atoms with van der Waals surface area (Å²) in [5.41, 5.74) is 5.24. The van der Waals surface area contributed by atoms with Crippen LogP contribution in [-0.2, 0) is 4.79 Å². The van der Waals surface area contributed by atoms with Crippen LogP contribution in [0.2, 0.25) is 0 Å². The Morgan fingerprint density at radius 2 is 2.45 bits per heavy atom. The summed E-state index contributed by atoms with van der Waals surface area (Å²) in [5.74, 6) is -0.0178. The third-order valence-electron chi connectivity index (χ3n) is 0.911. The molecule has 11 heavy (non-hydrogen) atoms. The van der Waals surface area contributed by atoms with Crippen molar-refractivity contribution in [1.29, 1.82) is 0 Å². The standard InChI is InChI=1S/C6H7NO3.Na.H/c1-4(8)10-5-2-3-9-6(5)7;;/h2-3H,7H2,1H3;;/q;+1;-1. The van der Waals surface area contributed by atoms with Crippen LogP contribution in [-0.4, -0.2) is 5.97 Å². The first-order valence-electron chi connectivity index (χ1n) is 2.71. The van der Waals surface area contributed by atoms with Crippen molar-refractivity contribution >= 4 is 11.9 Å². The van der Waals surface area contributed by atoms with E-state index in [9.17, 15) is 4.79 Å². The largest absolute Gasteiger partial charge is 1.00 e. The molecule has 0 amide bonds. The molecule has 1 heterocycles. The molecule has 0 spiro atoms. The third kappa shape index (κ3) is 2.96. The van der Waals surface area contributed by atoms with Crippen LogP contribution in [0.1, 0.15) is 8.35 Å². The van der Waals surface area contributed by atoms with Gasteiger partial charge in [-0.15, -0.1) is 0 Å². The molecule has 0 unspecified atom stereocenters. The van der Waals surface area contributed by atoms with E-state index in [1.54, 1.807) is 0 Å². The Hall–Kier alpha value is -0.450. The van der Waals surface area contributed by atoms with E-state index in [1.165, 1.54) is 19.3 Å². The van der Waals surface area contributed by atoms with E-state index < -0.39 is 5.97 Å². The molecule has 0 saturated heterocycles. The summed E-state index contributed by atoms with van der Waals surface area (Å²) in [5, 5.41) is 0.